The summed E-state index contributed by atoms with van der Waals surface area (Å²) < 4.78 is 1.48. The van der Waals surface area contributed by atoms with Crippen LogP contribution in [-0.2, 0) is 11.3 Å². The fourth-order valence-corrected chi connectivity index (χ4v) is 2.68. The molecule has 2 heterocycles. The molecule has 0 aliphatic heterocycles. The van der Waals surface area contributed by atoms with E-state index in [2.05, 4.69) is 15.3 Å². The predicted molar refractivity (Wildman–Crippen MR) is 90.5 cm³/mol. The van der Waals surface area contributed by atoms with Crippen LogP contribution in [0, 0.1) is 6.92 Å². The molecule has 0 saturated heterocycles. The van der Waals surface area contributed by atoms with Gasteiger partial charge < -0.3 is 10.3 Å². The zero-order valence-electron chi connectivity index (χ0n) is 13.5. The van der Waals surface area contributed by atoms with Crippen molar-refractivity contribution in [1.82, 2.24) is 19.9 Å². The number of H-pyrrole nitrogens is 1. The van der Waals surface area contributed by atoms with Crippen molar-refractivity contribution in [3.63, 3.8) is 0 Å². The van der Waals surface area contributed by atoms with E-state index in [1.165, 1.54) is 10.9 Å². The number of fused-ring (bicyclic) bond motifs is 3. The number of nitrogens with zero attached hydrogens (tertiary/aromatic N) is 2. The summed E-state index contributed by atoms with van der Waals surface area (Å²) in [6.07, 6.45) is 1.77. The van der Waals surface area contributed by atoms with Gasteiger partial charge in [0, 0.05) is 29.9 Å². The van der Waals surface area contributed by atoms with E-state index < -0.39 is 0 Å². The summed E-state index contributed by atoms with van der Waals surface area (Å²) in [5.74, 6) is -0.0701. The zero-order valence-corrected chi connectivity index (χ0v) is 13.5. The maximum absolute atomic E-state index is 12.6. The summed E-state index contributed by atoms with van der Waals surface area (Å²) in [4.78, 5) is 31.9. The molecule has 3 aromatic rings. The first-order chi connectivity index (χ1) is 11.0. The Morgan fingerprint density at radius 2 is 2.17 bits per heavy atom. The fourth-order valence-electron chi connectivity index (χ4n) is 2.68. The number of aromatic amines is 1. The van der Waals surface area contributed by atoms with Crippen LogP contribution in [0.5, 0.6) is 0 Å². The lowest BCUT2D eigenvalue weighted by Crippen LogP contribution is -2.32. The second-order valence-corrected chi connectivity index (χ2v) is 6.11. The van der Waals surface area contributed by atoms with E-state index in [0.29, 0.717) is 17.6 Å². The van der Waals surface area contributed by atoms with Crippen LogP contribution in [-0.4, -0.2) is 26.5 Å². The Balaban J connectivity index is 1.94. The van der Waals surface area contributed by atoms with Crippen molar-refractivity contribution in [3.8, 4) is 0 Å². The van der Waals surface area contributed by atoms with Crippen LogP contribution >= 0.6 is 0 Å². The largest absolute Gasteiger partial charge is 0.354 e. The summed E-state index contributed by atoms with van der Waals surface area (Å²) in [5.41, 5.74) is 3.02. The third-order valence-electron chi connectivity index (χ3n) is 3.76. The molecule has 0 aliphatic rings. The number of aromatic nitrogens is 3. The van der Waals surface area contributed by atoms with Gasteiger partial charge in [0.25, 0.3) is 5.56 Å². The molecule has 0 unspecified atom stereocenters. The number of benzene rings is 1. The quantitative estimate of drug-likeness (QED) is 0.774. The Kier molecular flexibility index (Phi) is 3.90. The van der Waals surface area contributed by atoms with Gasteiger partial charge in [0.15, 0.2) is 0 Å². The molecule has 0 bridgehead atoms. The monoisotopic (exact) mass is 312 g/mol. The van der Waals surface area contributed by atoms with Crippen molar-refractivity contribution in [2.75, 3.05) is 0 Å². The number of hydrogen-bond donors (Lipinski definition) is 2. The highest BCUT2D eigenvalue weighted by Crippen LogP contribution is 2.22. The fraction of sp³-hybridized carbons (Fsp3) is 0.353. The van der Waals surface area contributed by atoms with E-state index in [9.17, 15) is 9.59 Å². The summed E-state index contributed by atoms with van der Waals surface area (Å²) in [7, 11) is 0. The van der Waals surface area contributed by atoms with E-state index in [1.807, 2.05) is 39.0 Å². The van der Waals surface area contributed by atoms with Crippen molar-refractivity contribution >= 4 is 27.8 Å². The first-order valence-electron chi connectivity index (χ1n) is 7.72. The molecule has 2 N–H and O–H groups in total. The molecule has 0 fully saturated rings. The minimum Gasteiger partial charge on any atom is -0.354 e. The number of carbonyl (C=O) groups excluding carboxylic acids is 1. The number of nitrogens with one attached hydrogen (secondary N) is 2. The summed E-state index contributed by atoms with van der Waals surface area (Å²) in [6, 6.07) is 6.05. The van der Waals surface area contributed by atoms with Crippen LogP contribution in [0.1, 0.15) is 25.8 Å². The minimum atomic E-state index is -0.152. The number of hydrogen-bond acceptors (Lipinski definition) is 3. The molecule has 1 amide bonds. The number of aryl methyl sites for hydroxylation is 2. The molecule has 0 aliphatic carbocycles. The van der Waals surface area contributed by atoms with E-state index in [1.54, 1.807) is 0 Å². The van der Waals surface area contributed by atoms with Crippen molar-refractivity contribution in [3.05, 3.63) is 40.4 Å². The Labute approximate surface area is 133 Å². The lowest BCUT2D eigenvalue weighted by atomic mass is 10.2. The van der Waals surface area contributed by atoms with Crippen LogP contribution in [0.4, 0.5) is 0 Å². The summed E-state index contributed by atoms with van der Waals surface area (Å²) in [5, 5.41) is 3.76. The van der Waals surface area contributed by atoms with Crippen molar-refractivity contribution < 1.29 is 4.79 Å². The van der Waals surface area contributed by atoms with E-state index >= 15 is 0 Å². The predicted octanol–water partition coefficient (Wildman–Crippen LogP) is 2.10. The van der Waals surface area contributed by atoms with Crippen LogP contribution in [0.3, 0.4) is 0 Å². The molecule has 0 saturated carbocycles. The number of rotatable bonds is 4. The first-order valence-corrected chi connectivity index (χ1v) is 7.72. The van der Waals surface area contributed by atoms with Crippen molar-refractivity contribution in [1.29, 1.82) is 0 Å². The van der Waals surface area contributed by atoms with E-state index in [-0.39, 0.29) is 23.9 Å². The molecular formula is C17H20N4O2. The highest BCUT2D eigenvalue weighted by atomic mass is 16.2. The SMILES string of the molecule is Cc1ccc2[nH]c3c(=O)n(CCC(=O)NC(C)C)cnc3c2c1. The van der Waals surface area contributed by atoms with Gasteiger partial charge in [-0.15, -0.1) is 0 Å². The van der Waals surface area contributed by atoms with Gasteiger partial charge in [-0.1, -0.05) is 11.6 Å². The summed E-state index contributed by atoms with van der Waals surface area (Å²) >= 11 is 0. The third kappa shape index (κ3) is 2.97. The molecule has 0 spiro atoms. The molecule has 23 heavy (non-hydrogen) atoms. The molecule has 3 rings (SSSR count). The van der Waals surface area contributed by atoms with Crippen molar-refractivity contribution in [2.24, 2.45) is 0 Å². The Morgan fingerprint density at radius 3 is 2.91 bits per heavy atom. The second-order valence-electron chi connectivity index (χ2n) is 6.11. The molecule has 1 aromatic carbocycles. The molecule has 0 radical (unpaired) electrons. The van der Waals surface area contributed by atoms with Crippen LogP contribution < -0.4 is 10.9 Å². The minimum absolute atomic E-state index is 0.0701. The summed E-state index contributed by atoms with van der Waals surface area (Å²) in [6.45, 7) is 6.13. The van der Waals surface area contributed by atoms with Gasteiger partial charge in [0.05, 0.1) is 6.33 Å². The van der Waals surface area contributed by atoms with E-state index in [0.717, 1.165) is 16.5 Å². The molecule has 0 atom stereocenters. The highest BCUT2D eigenvalue weighted by Gasteiger charge is 2.12. The van der Waals surface area contributed by atoms with Gasteiger partial charge in [-0.3, -0.25) is 14.2 Å². The Morgan fingerprint density at radius 1 is 1.39 bits per heavy atom. The lowest BCUT2D eigenvalue weighted by molar-refractivity contribution is -0.121. The van der Waals surface area contributed by atoms with Gasteiger partial charge >= 0.3 is 0 Å². The zero-order chi connectivity index (χ0) is 16.6. The van der Waals surface area contributed by atoms with Gasteiger partial charge in [0.1, 0.15) is 11.0 Å². The number of carbonyl (C=O) groups is 1. The first kappa shape index (κ1) is 15.3. The van der Waals surface area contributed by atoms with Gasteiger partial charge in [-0.05, 0) is 32.9 Å². The molecule has 120 valence electrons. The number of amides is 1. The van der Waals surface area contributed by atoms with Gasteiger partial charge in [-0.25, -0.2) is 4.98 Å². The second kappa shape index (κ2) is 5.87. The Hall–Kier alpha value is -2.63. The standard InChI is InChI=1S/C17H20N4O2/c1-10(2)19-14(22)6-7-21-9-18-15-12-8-11(3)4-5-13(12)20-16(15)17(21)23/h4-5,8-10,20H,6-7H2,1-3H3,(H,19,22). The maximum atomic E-state index is 12.6. The average Bonchev–Trinajstić information content (AvgIpc) is 2.85. The van der Waals surface area contributed by atoms with Gasteiger partial charge in [-0.2, -0.15) is 0 Å². The molecule has 6 heteroatoms. The van der Waals surface area contributed by atoms with Gasteiger partial charge in [0.2, 0.25) is 5.91 Å². The van der Waals surface area contributed by atoms with Crippen LogP contribution in [0.25, 0.3) is 21.9 Å². The van der Waals surface area contributed by atoms with Crippen LogP contribution in [0.2, 0.25) is 0 Å². The Bertz CT molecular complexity index is 937. The molecule has 6 nitrogen and oxygen atoms in total. The third-order valence-corrected chi connectivity index (χ3v) is 3.76. The molecular weight excluding hydrogens is 292 g/mol. The lowest BCUT2D eigenvalue weighted by Gasteiger charge is -2.09. The smallest absolute Gasteiger partial charge is 0.277 e. The maximum Gasteiger partial charge on any atom is 0.277 e. The normalized spacial score (nSPS) is 11.5. The van der Waals surface area contributed by atoms with Crippen molar-refractivity contribution in [2.45, 2.75) is 39.8 Å². The molecule has 2 aromatic heterocycles. The average molecular weight is 312 g/mol. The van der Waals surface area contributed by atoms with Crippen LogP contribution in [0.15, 0.2) is 29.3 Å². The highest BCUT2D eigenvalue weighted by molar-refractivity contribution is 6.04. The topological polar surface area (TPSA) is 79.8 Å². The van der Waals surface area contributed by atoms with E-state index in [4.69, 9.17) is 0 Å².